The molecule has 4 nitrogen and oxygen atoms in total. The van der Waals surface area contributed by atoms with Gasteiger partial charge in [-0.3, -0.25) is 4.79 Å². The zero-order valence-electron chi connectivity index (χ0n) is 13.7. The summed E-state index contributed by atoms with van der Waals surface area (Å²) in [5, 5.41) is 13.6. The number of aromatic hydroxyl groups is 1. The fraction of sp³-hybridized carbons (Fsp3) is 0.421. The topological polar surface area (TPSA) is 58.6 Å². The lowest BCUT2D eigenvalue weighted by Gasteiger charge is -2.32. The molecule has 0 spiro atoms. The van der Waals surface area contributed by atoms with Gasteiger partial charge in [-0.1, -0.05) is 11.6 Å². The second kappa shape index (κ2) is 6.59. The predicted octanol–water partition coefficient (Wildman–Crippen LogP) is 3.12. The Labute approximate surface area is 136 Å². The number of Topliss-reactive ketones (excluding diaryl/α,β-unsaturated/α-hetero) is 1. The van der Waals surface area contributed by atoms with Crippen molar-refractivity contribution in [1.29, 1.82) is 0 Å². The third-order valence-electron chi connectivity index (χ3n) is 4.77. The van der Waals surface area contributed by atoms with E-state index in [2.05, 4.69) is 11.4 Å². The molecule has 0 radical (unpaired) electrons. The number of carbonyl (C=O) groups excluding carboxylic acids is 1. The SMILES string of the molecule is COC1=CCC2=C(CCNC2Cc2ccc(C(C)=O)c(O)c2)C1. The lowest BCUT2D eigenvalue weighted by molar-refractivity contribution is 0.101. The van der Waals surface area contributed by atoms with Crippen molar-refractivity contribution in [3.05, 3.63) is 52.3 Å². The summed E-state index contributed by atoms with van der Waals surface area (Å²) in [6, 6.07) is 5.66. The van der Waals surface area contributed by atoms with Crippen LogP contribution in [0.15, 0.2) is 41.2 Å². The highest BCUT2D eigenvalue weighted by molar-refractivity contribution is 5.96. The van der Waals surface area contributed by atoms with Crippen molar-refractivity contribution in [2.75, 3.05) is 13.7 Å². The fourth-order valence-electron chi connectivity index (χ4n) is 3.51. The molecule has 2 N–H and O–H groups in total. The van der Waals surface area contributed by atoms with Gasteiger partial charge < -0.3 is 15.2 Å². The van der Waals surface area contributed by atoms with E-state index >= 15 is 0 Å². The minimum Gasteiger partial charge on any atom is -0.507 e. The summed E-state index contributed by atoms with van der Waals surface area (Å²) >= 11 is 0. The Bertz CT molecular complexity index is 688. The van der Waals surface area contributed by atoms with Gasteiger partial charge in [-0.25, -0.2) is 0 Å². The molecule has 1 aliphatic heterocycles. The van der Waals surface area contributed by atoms with E-state index in [9.17, 15) is 9.90 Å². The number of nitrogens with one attached hydrogen (secondary N) is 1. The highest BCUT2D eigenvalue weighted by Crippen LogP contribution is 2.33. The molecule has 0 amide bonds. The Kier molecular flexibility index (Phi) is 4.53. The number of allylic oxidation sites excluding steroid dienone is 2. The maximum atomic E-state index is 11.4. The summed E-state index contributed by atoms with van der Waals surface area (Å²) < 4.78 is 5.39. The van der Waals surface area contributed by atoms with E-state index in [-0.39, 0.29) is 17.6 Å². The van der Waals surface area contributed by atoms with Gasteiger partial charge in [-0.15, -0.1) is 0 Å². The van der Waals surface area contributed by atoms with E-state index in [0.717, 1.165) is 43.6 Å². The van der Waals surface area contributed by atoms with Gasteiger partial charge in [0.1, 0.15) is 5.75 Å². The number of carbonyl (C=O) groups is 1. The van der Waals surface area contributed by atoms with Gasteiger partial charge in [-0.05, 0) is 62.1 Å². The molecule has 0 saturated carbocycles. The Morgan fingerprint density at radius 2 is 2.26 bits per heavy atom. The highest BCUT2D eigenvalue weighted by atomic mass is 16.5. The molecule has 122 valence electrons. The molecule has 3 rings (SSSR count). The van der Waals surface area contributed by atoms with Crippen molar-refractivity contribution in [2.24, 2.45) is 0 Å². The number of rotatable bonds is 4. The van der Waals surface area contributed by atoms with E-state index in [4.69, 9.17) is 4.74 Å². The summed E-state index contributed by atoms with van der Waals surface area (Å²) in [7, 11) is 1.73. The molecule has 1 heterocycles. The Balaban J connectivity index is 1.78. The number of methoxy groups -OCH3 is 1. The quantitative estimate of drug-likeness (QED) is 0.662. The van der Waals surface area contributed by atoms with Crippen molar-refractivity contribution < 1.29 is 14.6 Å². The maximum absolute atomic E-state index is 11.4. The minimum absolute atomic E-state index is 0.0743. The lowest BCUT2D eigenvalue weighted by Crippen LogP contribution is -2.39. The van der Waals surface area contributed by atoms with Crippen LogP contribution < -0.4 is 5.32 Å². The van der Waals surface area contributed by atoms with Crippen molar-refractivity contribution in [2.45, 2.75) is 38.6 Å². The molecule has 0 fully saturated rings. The maximum Gasteiger partial charge on any atom is 0.163 e. The molecule has 1 atom stereocenters. The third-order valence-corrected chi connectivity index (χ3v) is 4.77. The van der Waals surface area contributed by atoms with Gasteiger partial charge in [-0.2, -0.15) is 0 Å². The highest BCUT2D eigenvalue weighted by Gasteiger charge is 2.25. The summed E-state index contributed by atoms with van der Waals surface area (Å²) in [6.45, 7) is 2.44. The number of hydrogen-bond acceptors (Lipinski definition) is 4. The molecule has 1 unspecified atom stereocenters. The lowest BCUT2D eigenvalue weighted by atomic mass is 9.83. The fourth-order valence-corrected chi connectivity index (χ4v) is 3.51. The largest absolute Gasteiger partial charge is 0.507 e. The van der Waals surface area contributed by atoms with E-state index < -0.39 is 0 Å². The van der Waals surface area contributed by atoms with Crippen LogP contribution in [0.2, 0.25) is 0 Å². The summed E-state index contributed by atoms with van der Waals surface area (Å²) in [6.07, 6.45) is 5.89. The van der Waals surface area contributed by atoms with E-state index in [0.29, 0.717) is 5.56 Å². The number of ether oxygens (including phenoxy) is 1. The standard InChI is InChI=1S/C19H23NO3/c1-12(21)16-5-3-13(10-19(16)22)9-18-17-6-4-15(23-2)11-14(17)7-8-20-18/h3-5,10,18,20,22H,6-9,11H2,1-2H3. The van der Waals surface area contributed by atoms with Crippen LogP contribution in [0, 0.1) is 0 Å². The molecule has 0 bridgehead atoms. The van der Waals surface area contributed by atoms with E-state index in [1.54, 1.807) is 19.2 Å². The van der Waals surface area contributed by atoms with E-state index in [1.165, 1.54) is 18.1 Å². The van der Waals surface area contributed by atoms with Crippen molar-refractivity contribution >= 4 is 5.78 Å². The van der Waals surface area contributed by atoms with Gasteiger partial charge in [0.05, 0.1) is 18.4 Å². The number of ketones is 1. The number of hydrogen-bond donors (Lipinski definition) is 2. The molecule has 2 aliphatic rings. The Morgan fingerprint density at radius 3 is 2.96 bits per heavy atom. The number of phenolic OH excluding ortho intramolecular Hbond substituents is 1. The van der Waals surface area contributed by atoms with Crippen LogP contribution in [0.5, 0.6) is 5.75 Å². The van der Waals surface area contributed by atoms with Gasteiger partial charge >= 0.3 is 0 Å². The molecular formula is C19H23NO3. The zero-order valence-corrected chi connectivity index (χ0v) is 13.7. The summed E-state index contributed by atoms with van der Waals surface area (Å²) in [4.78, 5) is 11.4. The normalized spacial score (nSPS) is 20.8. The molecule has 0 saturated heterocycles. The van der Waals surface area contributed by atoms with Crippen LogP contribution in [0.3, 0.4) is 0 Å². The van der Waals surface area contributed by atoms with Gasteiger partial charge in [0, 0.05) is 12.5 Å². The Hall–Kier alpha value is -2.07. The van der Waals surface area contributed by atoms with Crippen LogP contribution in [0.4, 0.5) is 0 Å². The van der Waals surface area contributed by atoms with Crippen molar-refractivity contribution in [3.8, 4) is 5.75 Å². The second-order valence-electron chi connectivity index (χ2n) is 6.25. The Morgan fingerprint density at radius 1 is 1.43 bits per heavy atom. The monoisotopic (exact) mass is 313 g/mol. The zero-order chi connectivity index (χ0) is 16.4. The van der Waals surface area contributed by atoms with Crippen LogP contribution in [0.1, 0.15) is 42.1 Å². The van der Waals surface area contributed by atoms with Gasteiger partial charge in [0.15, 0.2) is 5.78 Å². The van der Waals surface area contributed by atoms with Crippen molar-refractivity contribution in [1.82, 2.24) is 5.32 Å². The smallest absolute Gasteiger partial charge is 0.163 e. The number of benzene rings is 1. The molecule has 1 aliphatic carbocycles. The molecule has 23 heavy (non-hydrogen) atoms. The van der Waals surface area contributed by atoms with Crippen LogP contribution in [-0.4, -0.2) is 30.6 Å². The first-order chi connectivity index (χ1) is 11.1. The number of phenols is 1. The average Bonchev–Trinajstić information content (AvgIpc) is 2.54. The summed E-state index contributed by atoms with van der Waals surface area (Å²) in [5.74, 6) is 1.03. The molecule has 1 aromatic carbocycles. The van der Waals surface area contributed by atoms with Crippen LogP contribution in [0.25, 0.3) is 0 Å². The third kappa shape index (κ3) is 3.32. The molecule has 0 aromatic heterocycles. The first-order valence-corrected chi connectivity index (χ1v) is 8.08. The van der Waals surface area contributed by atoms with Crippen molar-refractivity contribution in [3.63, 3.8) is 0 Å². The first kappa shape index (κ1) is 15.8. The van der Waals surface area contributed by atoms with E-state index in [1.807, 2.05) is 6.07 Å². The first-order valence-electron chi connectivity index (χ1n) is 8.08. The predicted molar refractivity (Wildman–Crippen MR) is 89.6 cm³/mol. The molecule has 4 heteroatoms. The molecule has 1 aromatic rings. The average molecular weight is 313 g/mol. The summed E-state index contributed by atoms with van der Waals surface area (Å²) in [5.41, 5.74) is 4.36. The minimum atomic E-state index is -0.112. The van der Waals surface area contributed by atoms with Crippen LogP contribution >= 0.6 is 0 Å². The van der Waals surface area contributed by atoms with Gasteiger partial charge in [0.2, 0.25) is 0 Å². The molecular weight excluding hydrogens is 290 g/mol. The van der Waals surface area contributed by atoms with Crippen LogP contribution in [-0.2, 0) is 11.2 Å². The second-order valence-corrected chi connectivity index (χ2v) is 6.25. The van der Waals surface area contributed by atoms with Gasteiger partial charge in [0.25, 0.3) is 0 Å².